The topological polar surface area (TPSA) is 55.5 Å². The lowest BCUT2D eigenvalue weighted by atomic mass is 10.1. The highest BCUT2D eigenvalue weighted by atomic mass is 127. The fourth-order valence-corrected chi connectivity index (χ4v) is 3.70. The lowest BCUT2D eigenvalue weighted by Gasteiger charge is -2.19. The van der Waals surface area contributed by atoms with Crippen molar-refractivity contribution >= 4 is 40.8 Å². The number of aliphatic imine (C=N–C) groups is 1. The number of guanidine groups is 1. The van der Waals surface area contributed by atoms with Gasteiger partial charge in [0.1, 0.15) is 0 Å². The van der Waals surface area contributed by atoms with Crippen LogP contribution in [0.2, 0.25) is 0 Å². The van der Waals surface area contributed by atoms with Gasteiger partial charge in [0.2, 0.25) is 0 Å². The molecule has 28 heavy (non-hydrogen) atoms. The summed E-state index contributed by atoms with van der Waals surface area (Å²) in [6, 6.07) is 8.19. The van der Waals surface area contributed by atoms with Crippen LogP contribution in [0, 0.1) is 6.92 Å². The zero-order valence-electron chi connectivity index (χ0n) is 16.1. The molecule has 1 atom stereocenters. The van der Waals surface area contributed by atoms with Gasteiger partial charge in [-0.05, 0) is 31.4 Å². The maximum atomic E-state index is 12.5. The molecule has 0 spiro atoms. The number of nitrogens with one attached hydrogen (secondary N) is 3. The summed E-state index contributed by atoms with van der Waals surface area (Å²) in [5.74, 6) is 0.631. The Hall–Kier alpha value is -1.49. The molecule has 0 saturated carbocycles. The first-order valence-electron chi connectivity index (χ1n) is 9.18. The molecule has 0 aliphatic carbocycles. The number of hydrogen-bond donors (Lipinski definition) is 3. The molecule has 2 heterocycles. The average molecular weight is 509 g/mol. The molecule has 0 radical (unpaired) electrons. The van der Waals surface area contributed by atoms with Gasteiger partial charge in [0.15, 0.2) is 5.96 Å². The van der Waals surface area contributed by atoms with Gasteiger partial charge in [-0.1, -0.05) is 18.2 Å². The number of aromatic nitrogens is 1. The van der Waals surface area contributed by atoms with Crippen LogP contribution in [0.15, 0.2) is 29.3 Å². The smallest absolute Gasteiger partial charge is 0.358 e. The predicted molar refractivity (Wildman–Crippen MR) is 118 cm³/mol. The van der Waals surface area contributed by atoms with E-state index in [0.29, 0.717) is 32.0 Å². The Kier molecular flexibility index (Phi) is 7.99. The maximum Gasteiger partial charge on any atom is 0.401 e. The van der Waals surface area contributed by atoms with Crippen LogP contribution in [0.3, 0.4) is 0 Å². The highest BCUT2D eigenvalue weighted by molar-refractivity contribution is 14.0. The van der Waals surface area contributed by atoms with Crippen molar-refractivity contribution in [3.63, 3.8) is 0 Å². The molecule has 9 heteroatoms. The number of halogens is 4. The molecule has 1 fully saturated rings. The van der Waals surface area contributed by atoms with Gasteiger partial charge in [0, 0.05) is 49.3 Å². The number of fused-ring (bicyclic) bond motifs is 1. The second-order valence-electron chi connectivity index (χ2n) is 7.00. The number of rotatable bonds is 5. The number of hydrogen-bond acceptors (Lipinski definition) is 2. The van der Waals surface area contributed by atoms with E-state index in [1.54, 1.807) is 7.05 Å². The average Bonchev–Trinajstić information content (AvgIpc) is 3.16. The SMILES string of the molecule is CN=C(NCCc1c(C)[nH]c2ccccc12)NC1CCN(CC(F)(F)F)C1.I. The largest absolute Gasteiger partial charge is 0.401 e. The lowest BCUT2D eigenvalue weighted by molar-refractivity contribution is -0.143. The zero-order chi connectivity index (χ0) is 19.4. The van der Waals surface area contributed by atoms with Crippen LogP contribution in [-0.2, 0) is 6.42 Å². The molecule has 2 aromatic rings. The number of aryl methyl sites for hydroxylation is 1. The Morgan fingerprint density at radius 1 is 1.32 bits per heavy atom. The van der Waals surface area contributed by atoms with Gasteiger partial charge in [-0.2, -0.15) is 13.2 Å². The second-order valence-corrected chi connectivity index (χ2v) is 7.00. The van der Waals surface area contributed by atoms with Crippen molar-refractivity contribution in [2.75, 3.05) is 33.2 Å². The van der Waals surface area contributed by atoms with Crippen LogP contribution in [0.1, 0.15) is 17.7 Å². The van der Waals surface area contributed by atoms with Gasteiger partial charge < -0.3 is 15.6 Å². The van der Waals surface area contributed by atoms with Crippen LogP contribution in [0.5, 0.6) is 0 Å². The first kappa shape index (κ1) is 22.8. The monoisotopic (exact) mass is 509 g/mol. The first-order chi connectivity index (χ1) is 12.9. The summed E-state index contributed by atoms with van der Waals surface area (Å²) in [7, 11) is 1.68. The number of nitrogens with zero attached hydrogens (tertiary/aromatic N) is 2. The predicted octanol–water partition coefficient (Wildman–Crippen LogP) is 3.44. The Labute approximate surface area is 180 Å². The summed E-state index contributed by atoms with van der Waals surface area (Å²) in [6.45, 7) is 2.74. The molecular formula is C19H27F3IN5. The minimum atomic E-state index is -4.15. The standard InChI is InChI=1S/C19H26F3N5.HI/c1-13-15(16-5-3-4-6-17(16)25-13)7-9-24-18(23-2)26-14-8-10-27(11-14)12-19(20,21)22;/h3-6,14,25H,7-12H2,1-2H3,(H2,23,24,26);1H. The van der Waals surface area contributed by atoms with E-state index in [2.05, 4.69) is 39.7 Å². The number of aromatic amines is 1. The number of H-pyrrole nitrogens is 1. The highest BCUT2D eigenvalue weighted by Crippen LogP contribution is 2.22. The third-order valence-electron chi connectivity index (χ3n) is 4.93. The van der Waals surface area contributed by atoms with Gasteiger partial charge in [0.25, 0.3) is 0 Å². The minimum absolute atomic E-state index is 0. The van der Waals surface area contributed by atoms with Crippen molar-refractivity contribution in [3.05, 3.63) is 35.5 Å². The van der Waals surface area contributed by atoms with Crippen molar-refractivity contribution in [1.29, 1.82) is 0 Å². The molecule has 156 valence electrons. The molecular weight excluding hydrogens is 482 g/mol. The number of alkyl halides is 3. The van der Waals surface area contributed by atoms with Crippen LogP contribution in [0.4, 0.5) is 13.2 Å². The molecule has 1 aliphatic heterocycles. The van der Waals surface area contributed by atoms with E-state index < -0.39 is 12.7 Å². The zero-order valence-corrected chi connectivity index (χ0v) is 18.4. The van der Waals surface area contributed by atoms with Crippen LogP contribution < -0.4 is 10.6 Å². The van der Waals surface area contributed by atoms with Crippen LogP contribution in [0.25, 0.3) is 10.9 Å². The van der Waals surface area contributed by atoms with E-state index in [1.165, 1.54) is 15.8 Å². The summed E-state index contributed by atoms with van der Waals surface area (Å²) < 4.78 is 37.5. The van der Waals surface area contributed by atoms with E-state index in [9.17, 15) is 13.2 Å². The Balaban J connectivity index is 0.00000280. The summed E-state index contributed by atoms with van der Waals surface area (Å²) in [5.41, 5.74) is 3.55. The fourth-order valence-electron chi connectivity index (χ4n) is 3.70. The molecule has 1 saturated heterocycles. The molecule has 0 bridgehead atoms. The Morgan fingerprint density at radius 3 is 2.79 bits per heavy atom. The van der Waals surface area contributed by atoms with Crippen LogP contribution >= 0.6 is 24.0 Å². The van der Waals surface area contributed by atoms with Crippen molar-refractivity contribution in [2.45, 2.75) is 32.0 Å². The van der Waals surface area contributed by atoms with Crippen molar-refractivity contribution < 1.29 is 13.2 Å². The first-order valence-corrected chi connectivity index (χ1v) is 9.18. The lowest BCUT2D eigenvalue weighted by Crippen LogP contribution is -2.45. The van der Waals surface area contributed by atoms with E-state index in [-0.39, 0.29) is 30.0 Å². The van der Waals surface area contributed by atoms with Crippen molar-refractivity contribution in [3.8, 4) is 0 Å². The summed E-state index contributed by atoms with van der Waals surface area (Å²) in [6.07, 6.45) is -2.63. The van der Waals surface area contributed by atoms with E-state index in [1.807, 2.05) is 12.1 Å². The quantitative estimate of drug-likeness (QED) is 0.329. The molecule has 1 aromatic carbocycles. The summed E-state index contributed by atoms with van der Waals surface area (Å²) >= 11 is 0. The maximum absolute atomic E-state index is 12.5. The van der Waals surface area contributed by atoms with Crippen molar-refractivity contribution in [2.24, 2.45) is 4.99 Å². The third kappa shape index (κ3) is 6.00. The van der Waals surface area contributed by atoms with E-state index >= 15 is 0 Å². The third-order valence-corrected chi connectivity index (χ3v) is 4.93. The number of benzene rings is 1. The molecule has 1 aromatic heterocycles. The molecule has 0 amide bonds. The van der Waals surface area contributed by atoms with Crippen molar-refractivity contribution in [1.82, 2.24) is 20.5 Å². The Bertz CT molecular complexity index is 802. The normalized spacial score (nSPS) is 18.3. The van der Waals surface area contributed by atoms with E-state index in [0.717, 1.165) is 17.6 Å². The minimum Gasteiger partial charge on any atom is -0.358 e. The molecule has 3 N–H and O–H groups in total. The molecule has 1 unspecified atom stereocenters. The number of likely N-dealkylation sites (tertiary alicyclic amines) is 1. The summed E-state index contributed by atoms with van der Waals surface area (Å²) in [4.78, 5) is 9.02. The van der Waals surface area contributed by atoms with E-state index in [4.69, 9.17) is 0 Å². The molecule has 3 rings (SSSR count). The van der Waals surface area contributed by atoms with Gasteiger partial charge >= 0.3 is 6.18 Å². The van der Waals surface area contributed by atoms with Gasteiger partial charge in [-0.25, -0.2) is 0 Å². The van der Waals surface area contributed by atoms with Gasteiger partial charge in [-0.15, -0.1) is 24.0 Å². The van der Waals surface area contributed by atoms with Gasteiger partial charge in [-0.3, -0.25) is 9.89 Å². The highest BCUT2D eigenvalue weighted by Gasteiger charge is 2.34. The fraction of sp³-hybridized carbons (Fsp3) is 0.526. The number of para-hydroxylation sites is 1. The second kappa shape index (κ2) is 9.82. The van der Waals surface area contributed by atoms with Gasteiger partial charge in [0.05, 0.1) is 6.54 Å². The Morgan fingerprint density at radius 2 is 2.07 bits per heavy atom. The van der Waals surface area contributed by atoms with Crippen LogP contribution in [-0.4, -0.2) is 61.3 Å². The summed E-state index contributed by atoms with van der Waals surface area (Å²) in [5, 5.41) is 7.73. The molecule has 1 aliphatic rings. The molecule has 5 nitrogen and oxygen atoms in total.